The third-order valence-corrected chi connectivity index (χ3v) is 11.5. The Balaban J connectivity index is 1.52. The number of esters is 1. The van der Waals surface area contributed by atoms with E-state index in [2.05, 4.69) is 20.8 Å². The van der Waals surface area contributed by atoms with Gasteiger partial charge in [-0.2, -0.15) is 0 Å². The normalized spacial score (nSPS) is 47.9. The van der Waals surface area contributed by atoms with Crippen LogP contribution in [-0.2, 0) is 14.3 Å². The van der Waals surface area contributed by atoms with E-state index in [9.17, 15) is 25.2 Å². The number of aliphatic hydroxyl groups excluding tert-OH is 3. The number of carbonyl (C=O) groups is 1. The molecule has 0 aromatic carbocycles. The van der Waals surface area contributed by atoms with Crippen molar-refractivity contribution in [1.29, 1.82) is 0 Å². The molecule has 0 radical (unpaired) electrons. The molecule has 0 aliphatic heterocycles. The van der Waals surface area contributed by atoms with E-state index < -0.39 is 24.3 Å². The first-order valence-corrected chi connectivity index (χ1v) is 14.4. The number of fused-ring (bicyclic) bond motifs is 5. The van der Waals surface area contributed by atoms with E-state index in [1.807, 2.05) is 6.92 Å². The first-order chi connectivity index (χ1) is 16.9. The molecule has 0 bridgehead atoms. The zero-order valence-electron chi connectivity index (χ0n) is 23.0. The van der Waals surface area contributed by atoms with Crippen molar-refractivity contribution in [1.82, 2.24) is 0 Å². The van der Waals surface area contributed by atoms with Crippen LogP contribution in [0.1, 0.15) is 98.3 Å². The maximum absolute atomic E-state index is 11.8. The van der Waals surface area contributed by atoms with Crippen LogP contribution < -0.4 is 0 Å². The van der Waals surface area contributed by atoms with Crippen molar-refractivity contribution < 1.29 is 34.7 Å². The first kappa shape index (κ1) is 28.3. The minimum absolute atomic E-state index is 0.0778. The molecule has 4 N–H and O–H groups in total. The smallest absolute Gasteiger partial charge is 0.305 e. The highest BCUT2D eigenvalue weighted by Gasteiger charge is 2.66. The fourth-order valence-electron chi connectivity index (χ4n) is 9.43. The number of ether oxygens (including phenoxy) is 2. The summed E-state index contributed by atoms with van der Waals surface area (Å²) in [7, 11) is 1.43. The Morgan fingerprint density at radius 2 is 1.81 bits per heavy atom. The third-order valence-electron chi connectivity index (χ3n) is 11.5. The van der Waals surface area contributed by atoms with E-state index >= 15 is 0 Å². The number of carbonyl (C=O) groups excluding carboxylic acids is 1. The predicted octanol–water partition coefficient (Wildman–Crippen LogP) is 4.00. The molecule has 7 nitrogen and oxygen atoms in total. The highest BCUT2D eigenvalue weighted by molar-refractivity contribution is 5.69. The van der Waals surface area contributed by atoms with Crippen molar-refractivity contribution in [2.75, 3.05) is 7.11 Å². The van der Waals surface area contributed by atoms with Crippen LogP contribution in [0.25, 0.3) is 0 Å². The van der Waals surface area contributed by atoms with Crippen molar-refractivity contribution in [3.05, 3.63) is 0 Å². The average Bonchev–Trinajstić information content (AvgIpc) is 3.17. The van der Waals surface area contributed by atoms with Crippen LogP contribution in [0.4, 0.5) is 0 Å². The molecule has 7 heteroatoms. The minimum atomic E-state index is -1.36. The van der Waals surface area contributed by atoms with Gasteiger partial charge in [0.2, 0.25) is 0 Å². The number of aliphatic hydroxyl groups is 4. The summed E-state index contributed by atoms with van der Waals surface area (Å²) in [4.78, 5) is 11.8. The Labute approximate surface area is 216 Å². The predicted molar refractivity (Wildman–Crippen MR) is 135 cm³/mol. The van der Waals surface area contributed by atoms with Crippen LogP contribution in [0.3, 0.4) is 0 Å². The van der Waals surface area contributed by atoms with Crippen molar-refractivity contribution in [2.45, 2.75) is 123 Å². The monoisotopic (exact) mass is 510 g/mol. The number of hydrogen-bond acceptors (Lipinski definition) is 7. The summed E-state index contributed by atoms with van der Waals surface area (Å²) in [5.41, 5.74) is -0.365. The van der Waals surface area contributed by atoms with Crippen LogP contribution >= 0.6 is 0 Å². The lowest BCUT2D eigenvalue weighted by Crippen LogP contribution is -2.63. The summed E-state index contributed by atoms with van der Waals surface area (Å²) in [6, 6.07) is 0. The van der Waals surface area contributed by atoms with Gasteiger partial charge in [0.05, 0.1) is 19.3 Å². The molecule has 0 aromatic heterocycles. The molecule has 0 amide bonds. The Morgan fingerprint density at radius 1 is 1.08 bits per heavy atom. The molecule has 208 valence electrons. The van der Waals surface area contributed by atoms with Gasteiger partial charge in [0.25, 0.3) is 0 Å². The van der Waals surface area contributed by atoms with Crippen LogP contribution in [0.2, 0.25) is 0 Å². The lowest BCUT2D eigenvalue weighted by Gasteiger charge is -2.64. The van der Waals surface area contributed by atoms with Gasteiger partial charge in [0.1, 0.15) is 0 Å². The van der Waals surface area contributed by atoms with E-state index in [0.29, 0.717) is 50.4 Å². The van der Waals surface area contributed by atoms with Crippen LogP contribution in [0, 0.1) is 46.3 Å². The van der Waals surface area contributed by atoms with Crippen molar-refractivity contribution in [3.8, 4) is 0 Å². The second kappa shape index (κ2) is 10.4. The number of hydrogen-bond donors (Lipinski definition) is 4. The van der Waals surface area contributed by atoms with Gasteiger partial charge >= 0.3 is 5.97 Å². The van der Waals surface area contributed by atoms with Crippen LogP contribution in [-0.4, -0.2) is 57.8 Å². The SMILES string of the molecule is CCCC(O)OC1(O)CCC2(C)C(CC(O)C3C2CC(O)C2(C)C(C(C)CCC(=O)OC)CCC32)C1. The molecule has 0 aromatic rings. The standard InChI is InChI=1S/C29H50O7/c1-6-7-25(33)36-29(34)13-12-27(3)18(16-29)14-22(30)26-20-10-9-19(17(2)8-11-24(32)35-5)28(20,4)23(31)15-21(26)27/h17-23,25-26,30-31,33-34H,6-16H2,1-5H3. The van der Waals surface area contributed by atoms with Crippen molar-refractivity contribution in [3.63, 3.8) is 0 Å². The molecular formula is C29H50O7. The Hall–Kier alpha value is -0.730. The summed E-state index contributed by atoms with van der Waals surface area (Å²) in [5.74, 6) is -0.293. The van der Waals surface area contributed by atoms with E-state index in [-0.39, 0.29) is 40.5 Å². The molecule has 0 heterocycles. The highest BCUT2D eigenvalue weighted by atomic mass is 16.7. The molecule has 4 fully saturated rings. The number of methoxy groups -OCH3 is 1. The molecule has 4 aliphatic carbocycles. The summed E-state index contributed by atoms with van der Waals surface area (Å²) >= 11 is 0. The van der Waals surface area contributed by atoms with Gasteiger partial charge < -0.3 is 29.9 Å². The van der Waals surface area contributed by atoms with Gasteiger partial charge in [-0.3, -0.25) is 4.79 Å². The molecular weight excluding hydrogens is 460 g/mol. The lowest BCUT2D eigenvalue weighted by atomic mass is 9.43. The van der Waals surface area contributed by atoms with E-state index in [4.69, 9.17) is 9.47 Å². The Kier molecular flexibility index (Phi) is 8.20. The molecule has 4 saturated carbocycles. The van der Waals surface area contributed by atoms with Gasteiger partial charge in [-0.05, 0) is 91.3 Å². The topological polar surface area (TPSA) is 116 Å². The van der Waals surface area contributed by atoms with Gasteiger partial charge in [0, 0.05) is 19.3 Å². The van der Waals surface area contributed by atoms with Gasteiger partial charge in [-0.25, -0.2) is 0 Å². The molecule has 12 unspecified atom stereocenters. The van der Waals surface area contributed by atoms with Crippen molar-refractivity contribution in [2.24, 2.45) is 46.3 Å². The van der Waals surface area contributed by atoms with Crippen LogP contribution in [0.15, 0.2) is 0 Å². The largest absolute Gasteiger partial charge is 0.469 e. The number of rotatable bonds is 8. The van der Waals surface area contributed by atoms with E-state index in [1.54, 1.807) is 0 Å². The lowest BCUT2D eigenvalue weighted by molar-refractivity contribution is -0.317. The van der Waals surface area contributed by atoms with Crippen LogP contribution in [0.5, 0.6) is 0 Å². The van der Waals surface area contributed by atoms with E-state index in [0.717, 1.165) is 32.1 Å². The zero-order chi connectivity index (χ0) is 26.5. The average molecular weight is 511 g/mol. The van der Waals surface area contributed by atoms with Gasteiger partial charge in [0.15, 0.2) is 12.1 Å². The first-order valence-electron chi connectivity index (χ1n) is 14.4. The second-order valence-corrected chi connectivity index (χ2v) is 13.2. The summed E-state index contributed by atoms with van der Waals surface area (Å²) < 4.78 is 10.6. The molecule has 12 atom stereocenters. The fourth-order valence-corrected chi connectivity index (χ4v) is 9.43. The van der Waals surface area contributed by atoms with Gasteiger partial charge in [-0.15, -0.1) is 0 Å². The minimum Gasteiger partial charge on any atom is -0.469 e. The maximum atomic E-state index is 11.8. The summed E-state index contributed by atoms with van der Waals surface area (Å²) in [6.45, 7) is 8.70. The molecule has 4 rings (SSSR count). The second-order valence-electron chi connectivity index (χ2n) is 13.2. The molecule has 36 heavy (non-hydrogen) atoms. The van der Waals surface area contributed by atoms with E-state index in [1.165, 1.54) is 7.11 Å². The Bertz CT molecular complexity index is 790. The Morgan fingerprint density at radius 3 is 2.47 bits per heavy atom. The summed E-state index contributed by atoms with van der Waals surface area (Å²) in [5, 5.41) is 44.7. The maximum Gasteiger partial charge on any atom is 0.305 e. The fraction of sp³-hybridized carbons (Fsp3) is 0.966. The highest BCUT2D eigenvalue weighted by Crippen LogP contribution is 2.69. The molecule has 0 spiro atoms. The molecule has 0 saturated heterocycles. The van der Waals surface area contributed by atoms with Gasteiger partial charge in [-0.1, -0.05) is 34.1 Å². The molecule has 4 aliphatic rings. The third kappa shape index (κ3) is 4.76. The quantitative estimate of drug-likeness (QED) is 0.288. The zero-order valence-corrected chi connectivity index (χ0v) is 23.0. The summed E-state index contributed by atoms with van der Waals surface area (Å²) in [6.07, 6.45) is 5.46. The van der Waals surface area contributed by atoms with Crippen molar-refractivity contribution >= 4 is 5.97 Å².